The molecule has 3 rings (SSSR count). The molecule has 84 heavy (non-hydrogen) atoms. The number of unbranched alkanes of at least 4 members (excludes halogenated alkanes) is 1. The molecule has 2 bridgehead atoms. The van der Waals surface area contributed by atoms with E-state index in [-0.39, 0.29) is 159 Å². The second-order valence-corrected chi connectivity index (χ2v) is 22.1. The van der Waals surface area contributed by atoms with Gasteiger partial charge in [-0.25, -0.2) is 0 Å². The number of carbonyl (C=O) groups is 11. The second kappa shape index (κ2) is 44.1. The Balaban J connectivity index is 0.0000241. The van der Waals surface area contributed by atoms with Gasteiger partial charge < -0.3 is 94.4 Å². The number of hydrogen-bond acceptors (Lipinski definition) is 20. The van der Waals surface area contributed by atoms with E-state index < -0.39 is 114 Å². The van der Waals surface area contributed by atoms with Crippen LogP contribution in [0.15, 0.2) is 35.3 Å². The Labute approximate surface area is 524 Å². The molecule has 2 aliphatic heterocycles. The van der Waals surface area contributed by atoms with Crippen molar-refractivity contribution in [3.63, 3.8) is 0 Å². The van der Waals surface area contributed by atoms with Crippen LogP contribution in [0.1, 0.15) is 51.0 Å². The van der Waals surface area contributed by atoms with Crippen LogP contribution in [0.25, 0.3) is 0 Å². The first kappa shape index (κ1) is 74.7. The molecule has 0 aliphatic carbocycles. The van der Waals surface area contributed by atoms with Crippen LogP contribution >= 0.6 is 33.3 Å². The molecule has 467 valence electrons. The van der Waals surface area contributed by atoms with Gasteiger partial charge in [0.05, 0.1) is 58.4 Å². The summed E-state index contributed by atoms with van der Waals surface area (Å²) in [4.78, 5) is 153. The summed E-state index contributed by atoms with van der Waals surface area (Å²) in [6.07, 6.45) is -0.102. The maximum atomic E-state index is 14.5. The fourth-order valence-corrected chi connectivity index (χ4v) is 10.8. The van der Waals surface area contributed by atoms with E-state index >= 15 is 0 Å². The first-order chi connectivity index (χ1) is 39.9. The van der Waals surface area contributed by atoms with Crippen LogP contribution in [-0.2, 0) is 111 Å². The molecule has 17 N–H and O–H groups in total. The van der Waals surface area contributed by atoms with Crippen molar-refractivity contribution in [3.05, 3.63) is 35.9 Å². The number of carboxylic acids is 1. The van der Waals surface area contributed by atoms with Gasteiger partial charge in [-0.1, -0.05) is 51.9 Å². The summed E-state index contributed by atoms with van der Waals surface area (Å²) in [5.41, 5.74) is 17.3. The molecule has 0 unspecified atom stereocenters. The van der Waals surface area contributed by atoms with Gasteiger partial charge in [-0.15, -0.1) is 11.8 Å². The van der Waals surface area contributed by atoms with Crippen LogP contribution in [0.2, 0.25) is 0 Å². The molecule has 1 aromatic rings. The average molecular weight is 1320 g/mol. The molecule has 2 aliphatic rings. The minimum Gasteiger partial charge on any atom is -0.481 e. The number of ether oxygens (including phenoxy) is 4. The summed E-state index contributed by atoms with van der Waals surface area (Å²) in [7, 11) is 1.90. The third-order valence-corrected chi connectivity index (χ3v) is 15.3. The molecule has 34 heteroatoms. The average Bonchev–Trinajstić information content (AvgIpc) is 3.66. The summed E-state index contributed by atoms with van der Waals surface area (Å²) in [5, 5.41) is 35.7. The van der Waals surface area contributed by atoms with Crippen molar-refractivity contribution in [2.24, 2.45) is 22.2 Å². The smallest absolute Gasteiger partial charge is 0.305 e. The number of rotatable bonds is 28. The summed E-state index contributed by atoms with van der Waals surface area (Å²) in [5.74, 6) is -10.8. The SMILES string of the molecule is CCOCC(=O)NCCOCCOCCOCCNC(=O)[C@@H]1CSCC(=O)N[C@@H](CCCCN)C(=O)N[C@H]2CSSC[C@H](NC(=O)[C@H](CC(=O)O)NC(=O)CNC(=O)[C@H](CCCN=C(N)N)NC2=O)C(=O)N[C@@H](Cc2ccccc2)C(=O)N1.[Y]. The van der Waals surface area contributed by atoms with Crippen LogP contribution in [0, 0.1) is 0 Å². The van der Waals surface area contributed by atoms with Crippen molar-refractivity contribution in [2.75, 3.05) is 109 Å². The first-order valence-electron chi connectivity index (χ1n) is 27.0. The van der Waals surface area contributed by atoms with Gasteiger partial charge in [-0.05, 0) is 51.1 Å². The number of benzene rings is 1. The molecule has 0 spiro atoms. The van der Waals surface area contributed by atoms with Gasteiger partial charge in [0.1, 0.15) is 48.9 Å². The summed E-state index contributed by atoms with van der Waals surface area (Å²) < 4.78 is 21.6. The molecule has 1 radical (unpaired) electrons. The first-order valence-corrected chi connectivity index (χ1v) is 30.6. The Morgan fingerprint density at radius 1 is 0.643 bits per heavy atom. The van der Waals surface area contributed by atoms with E-state index in [4.69, 9.17) is 36.1 Å². The molecule has 0 aromatic heterocycles. The Bertz CT molecular complexity index is 2300. The molecular formula is C50H80N14O16S3Y. The number of thioether (sulfide) groups is 1. The summed E-state index contributed by atoms with van der Waals surface area (Å²) >= 11 is 0.942. The van der Waals surface area contributed by atoms with E-state index in [0.717, 1.165) is 33.3 Å². The number of fused-ring (bicyclic) bond motifs is 5. The maximum Gasteiger partial charge on any atom is 0.305 e. The zero-order valence-electron chi connectivity index (χ0n) is 47.0. The topological polar surface area (TPSA) is 456 Å². The zero-order valence-corrected chi connectivity index (χ0v) is 52.2. The van der Waals surface area contributed by atoms with Crippen molar-refractivity contribution in [1.29, 1.82) is 0 Å². The van der Waals surface area contributed by atoms with E-state index in [1.54, 1.807) is 37.3 Å². The van der Waals surface area contributed by atoms with E-state index in [2.05, 4.69) is 58.2 Å². The van der Waals surface area contributed by atoms with E-state index in [1.165, 1.54) is 0 Å². The molecule has 7 atom stereocenters. The normalized spacial score (nSPS) is 21.8. The third-order valence-electron chi connectivity index (χ3n) is 11.8. The van der Waals surface area contributed by atoms with Gasteiger partial charge >= 0.3 is 5.97 Å². The number of nitrogens with zero attached hydrogens (tertiary/aromatic N) is 1. The van der Waals surface area contributed by atoms with Gasteiger partial charge in [0, 0.05) is 82.6 Å². The number of aliphatic carboxylic acids is 1. The van der Waals surface area contributed by atoms with Gasteiger partial charge in [0.25, 0.3) is 0 Å². The molecule has 2 saturated heterocycles. The van der Waals surface area contributed by atoms with Crippen molar-refractivity contribution in [2.45, 2.75) is 94.2 Å². The standard InChI is InChI=1S/C50H80N14O16S3.Y/c1-2-77-26-40(66)54-15-17-78-19-21-80-22-20-79-18-16-55-44(71)36-27-81-30-41(67)58-33(11-6-7-13-51)45(72)63-37-28-82-83-29-38(49(76)61-34(46(73)62-36)23-31-9-4-3-5-10-31)64-47(74)35(24-42(68)69)59-39(65)25-57-43(70)32(60-48(37)75)12-8-14-56-50(52)53;/h3-5,9-10,32-38H,2,6-8,11-30,51H2,1H3,(H,54,66)(H,55,71)(H,57,70)(H,58,67)(H,59,65)(H,60,75)(H,61,76)(H,62,73)(H,63,72)(H,64,74)(H,68,69)(H4,52,53,56);/t32-,33-,34-,35-,36-,37-,38-;/m0./s1. The predicted molar refractivity (Wildman–Crippen MR) is 309 cm³/mol. The largest absolute Gasteiger partial charge is 0.481 e. The van der Waals surface area contributed by atoms with E-state index in [1.807, 2.05) is 0 Å². The van der Waals surface area contributed by atoms with E-state index in [9.17, 15) is 57.8 Å². The Morgan fingerprint density at radius 3 is 1.81 bits per heavy atom. The van der Waals surface area contributed by atoms with E-state index in [0.29, 0.717) is 31.6 Å². The van der Waals surface area contributed by atoms with Crippen molar-refractivity contribution in [3.8, 4) is 0 Å². The maximum absolute atomic E-state index is 14.5. The fraction of sp³-hybridized carbons (Fsp3) is 0.640. The number of amides is 10. The number of hydrogen-bond donors (Lipinski definition) is 14. The number of guanidine groups is 1. The number of nitrogens with one attached hydrogen (secondary N) is 10. The molecule has 10 amide bonds. The predicted octanol–water partition coefficient (Wildman–Crippen LogP) is -5.15. The second-order valence-electron chi connectivity index (χ2n) is 18.5. The van der Waals surface area contributed by atoms with Crippen molar-refractivity contribution >= 4 is 104 Å². The monoisotopic (exact) mass is 1320 g/mol. The Hall–Kier alpha value is -5.39. The van der Waals surface area contributed by atoms with Gasteiger partial charge in [-0.2, -0.15) is 0 Å². The van der Waals surface area contributed by atoms with Crippen LogP contribution in [0.5, 0.6) is 0 Å². The summed E-state index contributed by atoms with van der Waals surface area (Å²) in [6.45, 7) is 3.17. The number of carbonyl (C=O) groups excluding carboxylic acids is 10. The number of aliphatic imine (C=N–C) groups is 1. The van der Waals surface area contributed by atoms with Crippen LogP contribution in [0.4, 0.5) is 0 Å². The van der Waals surface area contributed by atoms with Gasteiger partial charge in [0.2, 0.25) is 59.1 Å². The minimum atomic E-state index is -1.79. The number of carboxylic acid groups (broad SMARTS) is 1. The molecule has 2 heterocycles. The van der Waals surface area contributed by atoms with Crippen molar-refractivity contribution < 1.29 is 110 Å². The molecule has 1 aromatic carbocycles. The van der Waals surface area contributed by atoms with Crippen molar-refractivity contribution in [1.82, 2.24) is 53.2 Å². The number of nitrogens with two attached hydrogens (primary N) is 3. The Morgan fingerprint density at radius 2 is 1.20 bits per heavy atom. The summed E-state index contributed by atoms with van der Waals surface area (Å²) in [6, 6.07) is -1.60. The van der Waals surface area contributed by atoms with Gasteiger partial charge in [0.15, 0.2) is 5.96 Å². The van der Waals surface area contributed by atoms with Crippen LogP contribution in [-0.4, -0.2) is 227 Å². The zero-order chi connectivity index (χ0) is 60.8. The fourth-order valence-electron chi connectivity index (χ4n) is 7.58. The van der Waals surface area contributed by atoms with Gasteiger partial charge in [-0.3, -0.25) is 57.7 Å². The quantitative estimate of drug-likeness (QED) is 0.0161. The molecule has 0 saturated carbocycles. The van der Waals surface area contributed by atoms with Crippen LogP contribution in [0.3, 0.4) is 0 Å². The molecular weight excluding hydrogens is 1240 g/mol. The molecule has 2 fully saturated rings. The third kappa shape index (κ3) is 32.2. The van der Waals surface area contributed by atoms with Crippen LogP contribution < -0.4 is 70.4 Å². The minimum absolute atomic E-state index is 0. The Kier molecular flexibility index (Phi) is 39.2. The molecule has 30 nitrogen and oxygen atoms in total.